The van der Waals surface area contributed by atoms with Crippen LogP contribution in [0.5, 0.6) is 0 Å². The summed E-state index contributed by atoms with van der Waals surface area (Å²) in [7, 11) is 0. The second kappa shape index (κ2) is 3.31. The maximum absolute atomic E-state index is 10.1. The number of rotatable bonds is 1. The Bertz CT molecular complexity index is 242. The fraction of sp³-hybridized carbons (Fsp3) is 0. The molecule has 11 heavy (non-hydrogen) atoms. The molecule has 60 valence electrons. The third kappa shape index (κ3) is 1.89. The summed E-state index contributed by atoms with van der Waals surface area (Å²) in [6, 6.07) is 0. The van der Waals surface area contributed by atoms with Crippen LogP contribution in [0, 0.1) is 10.4 Å². The molecule has 5 nitrogen and oxygen atoms in total. The van der Waals surface area contributed by atoms with Gasteiger partial charge in [-0.15, -0.1) is 0 Å². The van der Waals surface area contributed by atoms with Crippen molar-refractivity contribution in [1.82, 2.24) is 5.48 Å². The second-order valence-corrected chi connectivity index (χ2v) is 2.80. The predicted molar refractivity (Wildman–Crippen MR) is 41.7 cm³/mol. The van der Waals surface area contributed by atoms with E-state index >= 15 is 0 Å². The van der Waals surface area contributed by atoms with Crippen LogP contribution in [0.25, 0.3) is 0 Å². The number of hydrogen-bond donors (Lipinski definition) is 2. The van der Waals surface area contributed by atoms with Gasteiger partial charge in [0.15, 0.2) is 0 Å². The van der Waals surface area contributed by atoms with Crippen molar-refractivity contribution < 1.29 is 10.1 Å². The summed E-state index contributed by atoms with van der Waals surface area (Å²) in [5.41, 5.74) is 1.80. The Labute approximate surface area is 66.8 Å². The van der Waals surface area contributed by atoms with Gasteiger partial charge in [-0.3, -0.25) is 10.7 Å². The van der Waals surface area contributed by atoms with Gasteiger partial charge >= 0.3 is 0 Å². The van der Waals surface area contributed by atoms with E-state index in [0.29, 0.717) is 4.91 Å². The van der Waals surface area contributed by atoms with E-state index in [0.717, 1.165) is 11.8 Å². The molecular weight excluding hydrogens is 168 g/mol. The molecule has 0 atom stereocenters. The van der Waals surface area contributed by atoms with Gasteiger partial charge in [0.1, 0.15) is 0 Å². The highest BCUT2D eigenvalue weighted by Gasteiger charge is 2.12. The van der Waals surface area contributed by atoms with Gasteiger partial charge in [-0.1, -0.05) is 0 Å². The van der Waals surface area contributed by atoms with Crippen LogP contribution in [0.1, 0.15) is 0 Å². The van der Waals surface area contributed by atoms with Crippen molar-refractivity contribution in [3.63, 3.8) is 0 Å². The minimum Gasteiger partial charge on any atom is -0.612 e. The average molecular weight is 173 g/mol. The van der Waals surface area contributed by atoms with E-state index in [1.165, 1.54) is 12.3 Å². The summed E-state index contributed by atoms with van der Waals surface area (Å²) in [6.45, 7) is 0. The summed E-state index contributed by atoms with van der Waals surface area (Å²) in [6.07, 6.45) is 4.21. The third-order valence-corrected chi connectivity index (χ3v) is 1.98. The molecule has 0 amide bonds. The van der Waals surface area contributed by atoms with Crippen molar-refractivity contribution in [2.75, 3.05) is 0 Å². The van der Waals surface area contributed by atoms with Gasteiger partial charge in [-0.05, 0) is 17.8 Å². The van der Waals surface area contributed by atoms with Crippen LogP contribution in [0.3, 0.4) is 0 Å². The third-order valence-electron chi connectivity index (χ3n) is 0.999. The highest BCUT2D eigenvalue weighted by molar-refractivity contribution is 8.18. The van der Waals surface area contributed by atoms with Crippen LogP contribution in [0.15, 0.2) is 23.3 Å². The number of nitrogens with one attached hydrogen (secondary N) is 1. The molecular formula is C5H5N2O3S-. The van der Waals surface area contributed by atoms with Crippen molar-refractivity contribution in [3.05, 3.63) is 33.7 Å². The lowest BCUT2D eigenvalue weighted by Crippen LogP contribution is -2.00. The van der Waals surface area contributed by atoms with Gasteiger partial charge in [0.05, 0.1) is 0 Å². The topological polar surface area (TPSA) is 81.4 Å². The lowest BCUT2D eigenvalue weighted by atomic mass is 10.5. The molecule has 2 N–H and O–H groups in total. The van der Waals surface area contributed by atoms with Crippen LogP contribution in [-0.4, -0.2) is 15.2 Å². The quantitative estimate of drug-likeness (QED) is 0.446. The van der Waals surface area contributed by atoms with Gasteiger partial charge < -0.3 is 10.4 Å². The number of hydroxylamine groups is 1. The number of thioether (sulfide) groups is 1. The molecule has 1 rings (SSSR count). The first-order valence-electron chi connectivity index (χ1n) is 2.71. The number of hydrogen-bond acceptors (Lipinski definition) is 5. The second-order valence-electron chi connectivity index (χ2n) is 1.71. The molecule has 6 heteroatoms. The van der Waals surface area contributed by atoms with Crippen molar-refractivity contribution in [2.24, 2.45) is 0 Å². The molecule has 0 bridgehead atoms. The molecule has 1 aliphatic heterocycles. The molecule has 0 aromatic rings. The zero-order valence-electron chi connectivity index (χ0n) is 5.35. The number of allylic oxidation sites excluding steroid dienone is 1. The van der Waals surface area contributed by atoms with Gasteiger partial charge in [-0.25, -0.2) is 0 Å². The molecule has 0 aromatic heterocycles. The molecule has 0 saturated heterocycles. The largest absolute Gasteiger partial charge is 0.612 e. The molecule has 0 aliphatic carbocycles. The Balaban J connectivity index is 2.71. The molecule has 0 spiro atoms. The summed E-state index contributed by atoms with van der Waals surface area (Å²) >= 11 is 0.988. The molecule has 1 heterocycles. The highest BCUT2D eigenvalue weighted by atomic mass is 32.2. The Morgan fingerprint density at radius 3 is 2.73 bits per heavy atom. The van der Waals surface area contributed by atoms with E-state index in [-0.39, 0.29) is 5.04 Å². The van der Waals surface area contributed by atoms with Crippen molar-refractivity contribution in [3.8, 4) is 0 Å². The maximum Gasteiger partial charge on any atom is 0.262 e. The monoisotopic (exact) mass is 173 g/mol. The molecule has 0 radical (unpaired) electrons. The molecule has 0 unspecified atom stereocenters. The maximum atomic E-state index is 10.1. The van der Waals surface area contributed by atoms with Crippen molar-refractivity contribution in [1.29, 1.82) is 0 Å². The number of nitrogens with zero attached hydrogens (tertiary/aromatic N) is 1. The van der Waals surface area contributed by atoms with Crippen LogP contribution in [0.2, 0.25) is 0 Å². The summed E-state index contributed by atoms with van der Waals surface area (Å²) < 4.78 is 0. The Morgan fingerprint density at radius 1 is 1.55 bits per heavy atom. The summed E-state index contributed by atoms with van der Waals surface area (Å²) in [5, 5.41) is 28.5. The molecule has 0 fully saturated rings. The normalized spacial score (nSPS) is 19.4. The van der Waals surface area contributed by atoms with E-state index in [1.807, 2.05) is 0 Å². The first kappa shape index (κ1) is 7.96. The molecule has 0 aromatic carbocycles. The van der Waals surface area contributed by atoms with Gasteiger partial charge in [0, 0.05) is 17.2 Å². The van der Waals surface area contributed by atoms with E-state index in [9.17, 15) is 10.4 Å². The molecule has 0 saturated carbocycles. The minimum atomic E-state index is -0.473. The summed E-state index contributed by atoms with van der Waals surface area (Å²) in [5.74, 6) is 0. The fourth-order valence-electron chi connectivity index (χ4n) is 0.582. The Kier molecular flexibility index (Phi) is 2.40. The lowest BCUT2D eigenvalue weighted by molar-refractivity contribution is -0.374. The Morgan fingerprint density at radius 2 is 2.27 bits per heavy atom. The van der Waals surface area contributed by atoms with Crippen LogP contribution < -0.4 is 5.48 Å². The first-order chi connectivity index (χ1) is 5.24. The van der Waals surface area contributed by atoms with Gasteiger partial charge in [0.25, 0.3) is 5.04 Å². The Hall–Kier alpha value is -1.14. The predicted octanol–water partition coefficient (Wildman–Crippen LogP) is 0.516. The minimum absolute atomic E-state index is 0.0616. The summed E-state index contributed by atoms with van der Waals surface area (Å²) in [4.78, 5) is 0.138. The first-order valence-corrected chi connectivity index (χ1v) is 3.53. The van der Waals surface area contributed by atoms with E-state index in [1.54, 1.807) is 11.6 Å². The van der Waals surface area contributed by atoms with Crippen LogP contribution in [0.4, 0.5) is 0 Å². The van der Waals surface area contributed by atoms with Gasteiger partial charge in [0.2, 0.25) is 0 Å². The highest BCUT2D eigenvalue weighted by Crippen LogP contribution is 2.25. The SMILES string of the molecule is [O-][N+]([O-])=C1C=CC(=CNO)S1. The van der Waals surface area contributed by atoms with Gasteiger partial charge in [-0.2, -0.15) is 4.90 Å². The lowest BCUT2D eigenvalue weighted by Gasteiger charge is -2.03. The zero-order valence-corrected chi connectivity index (χ0v) is 6.17. The fourth-order valence-corrected chi connectivity index (χ4v) is 1.28. The smallest absolute Gasteiger partial charge is 0.262 e. The van der Waals surface area contributed by atoms with Crippen molar-refractivity contribution >= 4 is 16.8 Å². The van der Waals surface area contributed by atoms with Crippen LogP contribution in [-0.2, 0) is 0 Å². The van der Waals surface area contributed by atoms with E-state index in [4.69, 9.17) is 5.21 Å². The van der Waals surface area contributed by atoms with E-state index in [2.05, 4.69) is 0 Å². The average Bonchev–Trinajstić information content (AvgIpc) is 2.37. The standard InChI is InChI=1S/C5H5N2O3S/c8-6-3-4-1-2-5(11-4)7(9)10/h1-3,6,8H/q-1. The van der Waals surface area contributed by atoms with Crippen LogP contribution >= 0.6 is 11.8 Å². The van der Waals surface area contributed by atoms with Crippen molar-refractivity contribution in [2.45, 2.75) is 0 Å². The molecule has 1 aliphatic rings. The van der Waals surface area contributed by atoms with E-state index < -0.39 is 4.90 Å². The zero-order chi connectivity index (χ0) is 8.27.